The van der Waals surface area contributed by atoms with Crippen LogP contribution in [0.4, 0.5) is 11.5 Å². The Morgan fingerprint density at radius 2 is 2.00 bits per heavy atom. The maximum atomic E-state index is 4.52. The van der Waals surface area contributed by atoms with Crippen LogP contribution in [0.5, 0.6) is 0 Å². The smallest absolute Gasteiger partial charge is 0.138 e. The van der Waals surface area contributed by atoms with Crippen LogP contribution in [0.15, 0.2) is 30.3 Å². The molecule has 0 amide bonds. The summed E-state index contributed by atoms with van der Waals surface area (Å²) in [6.45, 7) is 3.78. The SMILES string of the molecule is Cc1nc2c(c(Nc3ccccc3)n1)CNCC2. The molecule has 2 heterocycles. The fraction of sp³-hybridized carbons (Fsp3) is 0.286. The van der Waals surface area contributed by atoms with Gasteiger partial charge in [0.25, 0.3) is 0 Å². The predicted molar refractivity (Wildman–Crippen MR) is 71.9 cm³/mol. The Labute approximate surface area is 106 Å². The first-order chi connectivity index (χ1) is 8.83. The molecule has 0 saturated carbocycles. The lowest BCUT2D eigenvalue weighted by Gasteiger charge is -2.20. The van der Waals surface area contributed by atoms with E-state index in [9.17, 15) is 0 Å². The normalized spacial score (nSPS) is 14.1. The van der Waals surface area contributed by atoms with E-state index in [0.717, 1.165) is 36.8 Å². The number of hydrogen-bond donors (Lipinski definition) is 2. The van der Waals surface area contributed by atoms with E-state index in [1.54, 1.807) is 0 Å². The van der Waals surface area contributed by atoms with Crippen LogP contribution in [0.1, 0.15) is 17.1 Å². The van der Waals surface area contributed by atoms with Crippen LogP contribution < -0.4 is 10.6 Å². The molecule has 1 aliphatic rings. The molecule has 2 N–H and O–H groups in total. The van der Waals surface area contributed by atoms with E-state index in [2.05, 4.69) is 20.6 Å². The van der Waals surface area contributed by atoms with Gasteiger partial charge in [-0.15, -0.1) is 0 Å². The second kappa shape index (κ2) is 4.74. The molecule has 1 aromatic heterocycles. The van der Waals surface area contributed by atoms with Crippen LogP contribution in [0, 0.1) is 6.92 Å². The van der Waals surface area contributed by atoms with Gasteiger partial charge in [0.05, 0.1) is 5.69 Å². The van der Waals surface area contributed by atoms with Gasteiger partial charge in [-0.1, -0.05) is 18.2 Å². The number of benzene rings is 1. The summed E-state index contributed by atoms with van der Waals surface area (Å²) in [7, 11) is 0. The summed E-state index contributed by atoms with van der Waals surface area (Å²) >= 11 is 0. The third kappa shape index (κ3) is 2.19. The first-order valence-electron chi connectivity index (χ1n) is 6.22. The molecule has 0 fully saturated rings. The molecule has 0 atom stereocenters. The minimum absolute atomic E-state index is 0.828. The summed E-state index contributed by atoms with van der Waals surface area (Å²) in [6, 6.07) is 10.1. The Hall–Kier alpha value is -1.94. The Balaban J connectivity index is 1.98. The average molecular weight is 240 g/mol. The van der Waals surface area contributed by atoms with Gasteiger partial charge in [-0.05, 0) is 19.1 Å². The van der Waals surface area contributed by atoms with E-state index in [1.165, 1.54) is 11.3 Å². The highest BCUT2D eigenvalue weighted by Crippen LogP contribution is 2.23. The Morgan fingerprint density at radius 1 is 1.17 bits per heavy atom. The lowest BCUT2D eigenvalue weighted by atomic mass is 10.1. The predicted octanol–water partition coefficient (Wildman–Crippen LogP) is 2.17. The lowest BCUT2D eigenvalue weighted by Crippen LogP contribution is -2.26. The third-order valence-electron chi connectivity index (χ3n) is 3.08. The van der Waals surface area contributed by atoms with Crippen LogP contribution in [0.2, 0.25) is 0 Å². The van der Waals surface area contributed by atoms with E-state index in [0.29, 0.717) is 0 Å². The first kappa shape index (κ1) is 11.2. The zero-order chi connectivity index (χ0) is 12.4. The average Bonchev–Trinajstić information content (AvgIpc) is 2.40. The number of hydrogen-bond acceptors (Lipinski definition) is 4. The maximum absolute atomic E-state index is 4.52. The highest BCUT2D eigenvalue weighted by Gasteiger charge is 2.16. The fourth-order valence-electron chi connectivity index (χ4n) is 2.23. The number of fused-ring (bicyclic) bond motifs is 1. The van der Waals surface area contributed by atoms with Crippen LogP contribution in [0.25, 0.3) is 0 Å². The largest absolute Gasteiger partial charge is 0.340 e. The third-order valence-corrected chi connectivity index (χ3v) is 3.08. The highest BCUT2D eigenvalue weighted by molar-refractivity contribution is 5.60. The van der Waals surface area contributed by atoms with Crippen molar-refractivity contribution >= 4 is 11.5 Å². The zero-order valence-electron chi connectivity index (χ0n) is 10.4. The summed E-state index contributed by atoms with van der Waals surface area (Å²) in [6.07, 6.45) is 0.974. The number of para-hydroxylation sites is 1. The number of aryl methyl sites for hydroxylation is 1. The Kier molecular flexibility index (Phi) is 2.94. The van der Waals surface area contributed by atoms with E-state index < -0.39 is 0 Å². The van der Waals surface area contributed by atoms with E-state index in [4.69, 9.17) is 0 Å². The van der Waals surface area contributed by atoms with Crippen molar-refractivity contribution in [2.24, 2.45) is 0 Å². The molecular weight excluding hydrogens is 224 g/mol. The van der Waals surface area contributed by atoms with Crippen LogP contribution in [0.3, 0.4) is 0 Å². The molecule has 0 radical (unpaired) electrons. The van der Waals surface area contributed by atoms with Crippen molar-refractivity contribution in [3.63, 3.8) is 0 Å². The Morgan fingerprint density at radius 3 is 2.83 bits per heavy atom. The van der Waals surface area contributed by atoms with Crippen LogP contribution in [-0.2, 0) is 13.0 Å². The van der Waals surface area contributed by atoms with Crippen molar-refractivity contribution in [3.8, 4) is 0 Å². The number of aromatic nitrogens is 2. The molecule has 1 aromatic carbocycles. The molecule has 0 spiro atoms. The molecule has 3 rings (SSSR count). The van der Waals surface area contributed by atoms with Gasteiger partial charge in [0, 0.05) is 30.8 Å². The van der Waals surface area contributed by atoms with Gasteiger partial charge in [0.2, 0.25) is 0 Å². The molecule has 2 aromatic rings. The quantitative estimate of drug-likeness (QED) is 0.844. The summed E-state index contributed by atoms with van der Waals surface area (Å²) in [5.74, 6) is 1.75. The second-order valence-corrected chi connectivity index (χ2v) is 4.46. The van der Waals surface area contributed by atoms with Crippen LogP contribution >= 0.6 is 0 Å². The van der Waals surface area contributed by atoms with Gasteiger partial charge >= 0.3 is 0 Å². The number of nitrogens with one attached hydrogen (secondary N) is 2. The van der Waals surface area contributed by atoms with Crippen molar-refractivity contribution in [2.45, 2.75) is 19.9 Å². The molecule has 1 aliphatic heterocycles. The topological polar surface area (TPSA) is 49.8 Å². The molecular formula is C14H16N4. The van der Waals surface area contributed by atoms with E-state index in [1.807, 2.05) is 37.3 Å². The highest BCUT2D eigenvalue weighted by atomic mass is 15.1. The summed E-state index contributed by atoms with van der Waals surface area (Å²) in [5, 5.41) is 6.75. The number of rotatable bonds is 2. The van der Waals surface area contributed by atoms with Crippen LogP contribution in [-0.4, -0.2) is 16.5 Å². The summed E-state index contributed by atoms with van der Waals surface area (Å²) < 4.78 is 0. The molecule has 0 saturated heterocycles. The standard InChI is InChI=1S/C14H16N4/c1-10-16-13-7-8-15-9-12(13)14(17-10)18-11-5-3-2-4-6-11/h2-6,15H,7-9H2,1H3,(H,16,17,18). The molecule has 0 aliphatic carbocycles. The van der Waals surface area contributed by atoms with Gasteiger partial charge in [-0.25, -0.2) is 9.97 Å². The molecule has 4 nitrogen and oxygen atoms in total. The lowest BCUT2D eigenvalue weighted by molar-refractivity contribution is 0.625. The zero-order valence-corrected chi connectivity index (χ0v) is 10.4. The molecule has 0 unspecified atom stereocenters. The van der Waals surface area contributed by atoms with E-state index >= 15 is 0 Å². The second-order valence-electron chi connectivity index (χ2n) is 4.46. The number of nitrogens with zero attached hydrogens (tertiary/aromatic N) is 2. The molecule has 92 valence electrons. The molecule has 18 heavy (non-hydrogen) atoms. The van der Waals surface area contributed by atoms with E-state index in [-0.39, 0.29) is 0 Å². The van der Waals surface area contributed by atoms with Gasteiger partial charge < -0.3 is 10.6 Å². The monoisotopic (exact) mass is 240 g/mol. The minimum Gasteiger partial charge on any atom is -0.340 e. The van der Waals surface area contributed by atoms with Crippen molar-refractivity contribution < 1.29 is 0 Å². The van der Waals surface area contributed by atoms with Gasteiger partial charge in [0.15, 0.2) is 0 Å². The summed E-state index contributed by atoms with van der Waals surface area (Å²) in [4.78, 5) is 9.04. The summed E-state index contributed by atoms with van der Waals surface area (Å²) in [5.41, 5.74) is 3.42. The van der Waals surface area contributed by atoms with Crippen molar-refractivity contribution in [2.75, 3.05) is 11.9 Å². The van der Waals surface area contributed by atoms with Crippen molar-refractivity contribution in [1.29, 1.82) is 0 Å². The van der Waals surface area contributed by atoms with Crippen molar-refractivity contribution in [1.82, 2.24) is 15.3 Å². The molecule has 0 bridgehead atoms. The maximum Gasteiger partial charge on any atom is 0.138 e. The Bertz CT molecular complexity index is 551. The van der Waals surface area contributed by atoms with Crippen molar-refractivity contribution in [3.05, 3.63) is 47.4 Å². The first-order valence-corrected chi connectivity index (χ1v) is 6.22. The van der Waals surface area contributed by atoms with Gasteiger partial charge in [-0.3, -0.25) is 0 Å². The fourth-order valence-corrected chi connectivity index (χ4v) is 2.23. The van der Waals surface area contributed by atoms with Gasteiger partial charge in [0.1, 0.15) is 11.6 Å². The molecule has 4 heteroatoms. The number of anilines is 2. The van der Waals surface area contributed by atoms with Gasteiger partial charge in [-0.2, -0.15) is 0 Å². The minimum atomic E-state index is 0.828.